The van der Waals surface area contributed by atoms with Crippen molar-refractivity contribution < 1.29 is 19.8 Å². The lowest BCUT2D eigenvalue weighted by atomic mass is 10.1. The standard InChI is InChI=1S/C13H12N2O4/c1-7-3-4-9(12(16)17)5-11(7)15-8(2)10(6-14-15)13(18)19/h3-6H,1-2H3,(H,16,17)(H,18,19). The number of carboxylic acid groups (broad SMARTS) is 2. The van der Waals surface area contributed by atoms with Gasteiger partial charge in [-0.05, 0) is 31.5 Å². The zero-order valence-corrected chi connectivity index (χ0v) is 10.4. The third-order valence-corrected chi connectivity index (χ3v) is 2.92. The number of aryl methyl sites for hydroxylation is 1. The van der Waals surface area contributed by atoms with Gasteiger partial charge in [0.1, 0.15) is 5.56 Å². The highest BCUT2D eigenvalue weighted by atomic mass is 16.4. The minimum Gasteiger partial charge on any atom is -0.478 e. The van der Waals surface area contributed by atoms with Crippen LogP contribution >= 0.6 is 0 Å². The van der Waals surface area contributed by atoms with Crippen LogP contribution in [0.25, 0.3) is 5.69 Å². The normalized spacial score (nSPS) is 10.4. The molecule has 98 valence electrons. The summed E-state index contributed by atoms with van der Waals surface area (Å²) in [6.07, 6.45) is 1.25. The van der Waals surface area contributed by atoms with Gasteiger partial charge in [0.25, 0.3) is 0 Å². The molecular formula is C13H12N2O4. The van der Waals surface area contributed by atoms with Gasteiger partial charge in [-0.3, -0.25) is 0 Å². The predicted octanol–water partition coefficient (Wildman–Crippen LogP) is 1.89. The van der Waals surface area contributed by atoms with Gasteiger partial charge < -0.3 is 10.2 Å². The summed E-state index contributed by atoms with van der Waals surface area (Å²) in [6, 6.07) is 4.64. The number of aromatic nitrogens is 2. The monoisotopic (exact) mass is 260 g/mol. The van der Waals surface area contributed by atoms with Crippen LogP contribution in [0.4, 0.5) is 0 Å². The molecule has 0 unspecified atom stereocenters. The Morgan fingerprint density at radius 2 is 1.84 bits per heavy atom. The number of nitrogens with zero attached hydrogens (tertiary/aromatic N) is 2. The van der Waals surface area contributed by atoms with E-state index in [1.54, 1.807) is 13.0 Å². The summed E-state index contributed by atoms with van der Waals surface area (Å²) in [4.78, 5) is 21.9. The van der Waals surface area contributed by atoms with Gasteiger partial charge in [-0.1, -0.05) is 6.07 Å². The van der Waals surface area contributed by atoms with Gasteiger partial charge >= 0.3 is 11.9 Å². The van der Waals surface area contributed by atoms with Crippen LogP contribution in [-0.4, -0.2) is 31.9 Å². The summed E-state index contributed by atoms with van der Waals surface area (Å²) >= 11 is 0. The van der Waals surface area contributed by atoms with Crippen LogP contribution in [0, 0.1) is 13.8 Å². The van der Waals surface area contributed by atoms with Crippen LogP contribution in [0.1, 0.15) is 32.0 Å². The molecule has 6 heteroatoms. The maximum absolute atomic E-state index is 11.0. The smallest absolute Gasteiger partial charge is 0.339 e. The van der Waals surface area contributed by atoms with Gasteiger partial charge in [-0.25, -0.2) is 14.3 Å². The van der Waals surface area contributed by atoms with E-state index in [0.717, 1.165) is 5.56 Å². The lowest BCUT2D eigenvalue weighted by Gasteiger charge is -2.09. The van der Waals surface area contributed by atoms with E-state index in [1.165, 1.54) is 23.0 Å². The van der Waals surface area contributed by atoms with E-state index < -0.39 is 11.9 Å². The van der Waals surface area contributed by atoms with Crippen molar-refractivity contribution in [1.82, 2.24) is 9.78 Å². The number of hydrogen-bond acceptors (Lipinski definition) is 3. The van der Waals surface area contributed by atoms with Crippen LogP contribution in [0.15, 0.2) is 24.4 Å². The van der Waals surface area contributed by atoms with Crippen molar-refractivity contribution in [1.29, 1.82) is 0 Å². The van der Waals surface area contributed by atoms with Crippen LogP contribution < -0.4 is 0 Å². The molecule has 19 heavy (non-hydrogen) atoms. The highest BCUT2D eigenvalue weighted by Crippen LogP contribution is 2.19. The van der Waals surface area contributed by atoms with Crippen molar-refractivity contribution in [2.45, 2.75) is 13.8 Å². The minimum absolute atomic E-state index is 0.0973. The first-order chi connectivity index (χ1) is 8.91. The average molecular weight is 260 g/mol. The molecule has 0 saturated heterocycles. The van der Waals surface area contributed by atoms with Crippen LogP contribution in [0.5, 0.6) is 0 Å². The molecule has 0 radical (unpaired) electrons. The zero-order chi connectivity index (χ0) is 14.2. The van der Waals surface area contributed by atoms with E-state index in [2.05, 4.69) is 5.10 Å². The summed E-state index contributed by atoms with van der Waals surface area (Å²) < 4.78 is 1.44. The largest absolute Gasteiger partial charge is 0.478 e. The molecule has 0 bridgehead atoms. The Morgan fingerprint density at radius 1 is 1.16 bits per heavy atom. The number of hydrogen-bond donors (Lipinski definition) is 2. The molecule has 0 atom stereocenters. The first kappa shape index (κ1) is 12.8. The third-order valence-electron chi connectivity index (χ3n) is 2.92. The summed E-state index contributed by atoms with van der Waals surface area (Å²) in [5.41, 5.74) is 2.06. The molecule has 0 fully saturated rings. The molecule has 1 heterocycles. The van der Waals surface area contributed by atoms with Crippen molar-refractivity contribution in [3.8, 4) is 5.69 Å². The van der Waals surface area contributed by atoms with E-state index in [4.69, 9.17) is 10.2 Å². The molecule has 2 rings (SSSR count). The number of aromatic carboxylic acids is 2. The van der Waals surface area contributed by atoms with E-state index in [1.807, 2.05) is 6.92 Å². The quantitative estimate of drug-likeness (QED) is 0.879. The molecular weight excluding hydrogens is 248 g/mol. The molecule has 0 saturated carbocycles. The third kappa shape index (κ3) is 2.20. The van der Waals surface area contributed by atoms with Gasteiger partial charge in [-0.2, -0.15) is 5.10 Å². The van der Waals surface area contributed by atoms with Gasteiger partial charge in [0.05, 0.1) is 23.1 Å². The topological polar surface area (TPSA) is 92.4 Å². The molecule has 0 amide bonds. The van der Waals surface area contributed by atoms with Gasteiger partial charge in [0, 0.05) is 0 Å². The van der Waals surface area contributed by atoms with Crippen LogP contribution in [-0.2, 0) is 0 Å². The maximum Gasteiger partial charge on any atom is 0.339 e. The minimum atomic E-state index is -1.06. The second kappa shape index (κ2) is 4.56. The molecule has 0 spiro atoms. The van der Waals surface area contributed by atoms with Crippen molar-refractivity contribution in [3.05, 3.63) is 46.8 Å². The highest BCUT2D eigenvalue weighted by Gasteiger charge is 2.16. The Morgan fingerprint density at radius 3 is 2.37 bits per heavy atom. The second-order valence-corrected chi connectivity index (χ2v) is 4.17. The molecule has 1 aromatic heterocycles. The highest BCUT2D eigenvalue weighted by molar-refractivity contribution is 5.89. The van der Waals surface area contributed by atoms with Gasteiger partial charge in [0.15, 0.2) is 0 Å². The summed E-state index contributed by atoms with van der Waals surface area (Å²) in [5, 5.41) is 22.0. The Hall–Kier alpha value is -2.63. The maximum atomic E-state index is 11.0. The van der Waals surface area contributed by atoms with E-state index in [-0.39, 0.29) is 11.1 Å². The Balaban J connectivity index is 2.61. The molecule has 0 aliphatic carbocycles. The summed E-state index contributed by atoms with van der Waals surface area (Å²) in [6.45, 7) is 3.44. The fourth-order valence-corrected chi connectivity index (χ4v) is 1.83. The Bertz CT molecular complexity index is 673. The van der Waals surface area contributed by atoms with Crippen LogP contribution in [0.2, 0.25) is 0 Å². The molecule has 2 N–H and O–H groups in total. The van der Waals surface area contributed by atoms with Crippen molar-refractivity contribution in [2.75, 3.05) is 0 Å². The Kier molecular flexibility index (Phi) is 3.08. The lowest BCUT2D eigenvalue weighted by Crippen LogP contribution is -2.06. The fourth-order valence-electron chi connectivity index (χ4n) is 1.83. The molecule has 0 aliphatic heterocycles. The SMILES string of the molecule is Cc1ccc(C(=O)O)cc1-n1ncc(C(=O)O)c1C. The van der Waals surface area contributed by atoms with E-state index in [9.17, 15) is 9.59 Å². The molecule has 6 nitrogen and oxygen atoms in total. The van der Waals surface area contributed by atoms with Gasteiger partial charge in [0.2, 0.25) is 0 Å². The Labute approximate surface area is 108 Å². The lowest BCUT2D eigenvalue weighted by molar-refractivity contribution is 0.0685. The number of carbonyl (C=O) groups is 2. The molecule has 2 aromatic rings. The number of benzene rings is 1. The van der Waals surface area contributed by atoms with Crippen LogP contribution in [0.3, 0.4) is 0 Å². The van der Waals surface area contributed by atoms with E-state index in [0.29, 0.717) is 11.4 Å². The van der Waals surface area contributed by atoms with Gasteiger partial charge in [-0.15, -0.1) is 0 Å². The van der Waals surface area contributed by atoms with E-state index >= 15 is 0 Å². The predicted molar refractivity (Wildman–Crippen MR) is 67.0 cm³/mol. The second-order valence-electron chi connectivity index (χ2n) is 4.17. The number of carboxylic acids is 2. The molecule has 1 aromatic carbocycles. The number of rotatable bonds is 3. The summed E-state index contributed by atoms with van der Waals surface area (Å²) in [7, 11) is 0. The van der Waals surface area contributed by atoms with Crippen molar-refractivity contribution in [3.63, 3.8) is 0 Å². The van der Waals surface area contributed by atoms with Crippen molar-refractivity contribution >= 4 is 11.9 Å². The first-order valence-electron chi connectivity index (χ1n) is 5.54. The zero-order valence-electron chi connectivity index (χ0n) is 10.4. The van der Waals surface area contributed by atoms with Crippen molar-refractivity contribution in [2.24, 2.45) is 0 Å². The molecule has 0 aliphatic rings. The fraction of sp³-hybridized carbons (Fsp3) is 0.154. The summed E-state index contributed by atoms with van der Waals surface area (Å²) in [5.74, 6) is -2.10. The average Bonchev–Trinajstić information content (AvgIpc) is 2.71. The first-order valence-corrected chi connectivity index (χ1v) is 5.54.